The molecule has 7 nitrogen and oxygen atoms in total. The number of benzene rings is 2. The molecule has 41 heavy (non-hydrogen) atoms. The zero-order valence-electron chi connectivity index (χ0n) is 22.1. The number of thioether (sulfide) groups is 1. The molecule has 0 unspecified atom stereocenters. The van der Waals surface area contributed by atoms with Gasteiger partial charge in [-0.1, -0.05) is 12.8 Å². The van der Waals surface area contributed by atoms with Gasteiger partial charge in [0.05, 0.1) is 11.1 Å². The maximum atomic E-state index is 14.8. The third-order valence-electron chi connectivity index (χ3n) is 6.40. The summed E-state index contributed by atoms with van der Waals surface area (Å²) in [6.45, 7) is 3.23. The number of halogens is 5. The normalized spacial score (nSPS) is 13.0. The SMILES string of the molecule is CC#CC(=O)N(C)/C(=C/Nc1nc(=O)n2c3c(c(-c4ccc(F)cc4F)c(C(F)(F)F)cc13)SCC2)CC(=O)CC. The Labute approximate surface area is 235 Å². The van der Waals surface area contributed by atoms with E-state index in [2.05, 4.69) is 22.1 Å². The summed E-state index contributed by atoms with van der Waals surface area (Å²) in [7, 11) is 1.38. The zero-order chi connectivity index (χ0) is 30.1. The molecule has 4 rings (SSSR count). The van der Waals surface area contributed by atoms with E-state index in [1.54, 1.807) is 6.92 Å². The van der Waals surface area contributed by atoms with Gasteiger partial charge in [0, 0.05) is 71.6 Å². The maximum absolute atomic E-state index is 14.8. The van der Waals surface area contributed by atoms with Crippen LogP contribution in [-0.2, 0) is 22.3 Å². The predicted octanol–water partition coefficient (Wildman–Crippen LogP) is 5.57. The van der Waals surface area contributed by atoms with Crippen molar-refractivity contribution in [1.82, 2.24) is 14.5 Å². The molecule has 0 radical (unpaired) electrons. The van der Waals surface area contributed by atoms with Crippen molar-refractivity contribution in [3.63, 3.8) is 0 Å². The van der Waals surface area contributed by atoms with Crippen LogP contribution in [0.4, 0.5) is 27.8 Å². The van der Waals surface area contributed by atoms with Gasteiger partial charge in [-0.25, -0.2) is 13.6 Å². The predicted molar refractivity (Wildman–Crippen MR) is 145 cm³/mol. The van der Waals surface area contributed by atoms with Crippen LogP contribution in [0.5, 0.6) is 0 Å². The number of rotatable bonds is 7. The smallest absolute Gasteiger partial charge is 0.344 e. The van der Waals surface area contributed by atoms with E-state index in [0.717, 1.165) is 34.9 Å². The molecule has 0 saturated carbocycles. The lowest BCUT2D eigenvalue weighted by Gasteiger charge is -2.26. The minimum atomic E-state index is -4.96. The van der Waals surface area contributed by atoms with Crippen molar-refractivity contribution in [2.24, 2.45) is 0 Å². The van der Waals surface area contributed by atoms with Crippen molar-refractivity contribution in [1.29, 1.82) is 0 Å². The summed E-state index contributed by atoms with van der Waals surface area (Å²) in [5, 5.41) is 2.62. The summed E-state index contributed by atoms with van der Waals surface area (Å²) in [5.41, 5.74) is -2.71. The standard InChI is InChI=1S/C28H23F5N4O3S/c1-4-6-22(39)36(3)16(12-17(38)5-2)14-34-26-19-13-20(28(31,32)33)23(18-8-7-15(29)11-21(18)30)25-24(19)37(9-10-41-25)27(40)35-26/h7-8,11,13-14H,5,9-10,12H2,1-3H3,(H,34,35,40)/b16-14+. The summed E-state index contributed by atoms with van der Waals surface area (Å²) in [6, 6.07) is 3.05. The second-order valence-corrected chi connectivity index (χ2v) is 10.1. The Hall–Kier alpha value is -4.18. The van der Waals surface area contributed by atoms with E-state index in [0.29, 0.717) is 6.07 Å². The van der Waals surface area contributed by atoms with E-state index in [-0.39, 0.29) is 58.2 Å². The monoisotopic (exact) mass is 590 g/mol. The highest BCUT2D eigenvalue weighted by Crippen LogP contribution is 2.48. The van der Waals surface area contributed by atoms with Crippen LogP contribution in [0.15, 0.2) is 45.9 Å². The first-order valence-electron chi connectivity index (χ1n) is 12.3. The van der Waals surface area contributed by atoms with E-state index in [9.17, 15) is 36.3 Å². The molecule has 0 aliphatic carbocycles. The van der Waals surface area contributed by atoms with Gasteiger partial charge in [0.1, 0.15) is 23.2 Å². The molecule has 0 saturated heterocycles. The Balaban J connectivity index is 2.00. The fourth-order valence-electron chi connectivity index (χ4n) is 4.35. The van der Waals surface area contributed by atoms with Gasteiger partial charge in [0.15, 0.2) is 0 Å². The summed E-state index contributed by atoms with van der Waals surface area (Å²) in [6.07, 6.45) is -3.78. The van der Waals surface area contributed by atoms with E-state index < -0.39 is 46.1 Å². The highest BCUT2D eigenvalue weighted by atomic mass is 32.2. The molecule has 2 heterocycles. The Morgan fingerprint density at radius 3 is 2.61 bits per heavy atom. The highest BCUT2D eigenvalue weighted by molar-refractivity contribution is 7.99. The molecule has 1 aliphatic heterocycles. The average Bonchev–Trinajstić information content (AvgIpc) is 2.92. The lowest BCUT2D eigenvalue weighted by atomic mass is 9.96. The third-order valence-corrected chi connectivity index (χ3v) is 7.47. The average molecular weight is 591 g/mol. The number of nitrogens with zero attached hydrogens (tertiary/aromatic N) is 3. The first kappa shape index (κ1) is 29.8. The lowest BCUT2D eigenvalue weighted by molar-refractivity contribution is -0.137. The molecule has 0 bridgehead atoms. The molecule has 13 heteroatoms. The summed E-state index contributed by atoms with van der Waals surface area (Å²) in [4.78, 5) is 42.6. The van der Waals surface area contributed by atoms with Crippen LogP contribution in [-0.4, -0.2) is 38.9 Å². The van der Waals surface area contributed by atoms with Crippen LogP contribution in [0.3, 0.4) is 0 Å². The molecule has 1 aromatic heterocycles. The first-order valence-corrected chi connectivity index (χ1v) is 13.3. The number of ketones is 1. The van der Waals surface area contributed by atoms with Crippen LogP contribution in [0.2, 0.25) is 0 Å². The Kier molecular flexibility index (Phi) is 8.53. The molecule has 3 aromatic rings. The molecule has 1 amide bonds. The largest absolute Gasteiger partial charge is 0.417 e. The van der Waals surface area contributed by atoms with Gasteiger partial charge in [-0.2, -0.15) is 18.2 Å². The van der Waals surface area contributed by atoms with Gasteiger partial charge >= 0.3 is 17.8 Å². The number of carbonyl (C=O) groups excluding carboxylic acids is 2. The lowest BCUT2D eigenvalue weighted by Crippen LogP contribution is -2.29. The number of Topliss-reactive ketones (excluding diaryl/α,β-unsaturated/α-hetero) is 1. The van der Waals surface area contributed by atoms with E-state index >= 15 is 0 Å². The van der Waals surface area contributed by atoms with Crippen molar-refractivity contribution in [2.45, 2.75) is 44.3 Å². The minimum absolute atomic E-state index is 0.00925. The minimum Gasteiger partial charge on any atom is -0.344 e. The van der Waals surface area contributed by atoms with Gasteiger partial charge < -0.3 is 10.2 Å². The van der Waals surface area contributed by atoms with Crippen molar-refractivity contribution >= 4 is 40.2 Å². The van der Waals surface area contributed by atoms with Crippen molar-refractivity contribution in [3.05, 3.63) is 63.8 Å². The fraction of sp³-hybridized carbons (Fsp3) is 0.286. The van der Waals surface area contributed by atoms with Gasteiger partial charge in [-0.05, 0) is 31.0 Å². The summed E-state index contributed by atoms with van der Waals surface area (Å²) < 4.78 is 73.1. The van der Waals surface area contributed by atoms with Gasteiger partial charge in [-0.3, -0.25) is 14.2 Å². The number of hydrogen-bond acceptors (Lipinski definition) is 6. The van der Waals surface area contributed by atoms with E-state index in [4.69, 9.17) is 0 Å². The molecule has 214 valence electrons. The number of aryl methyl sites for hydroxylation is 1. The number of hydrogen-bond donors (Lipinski definition) is 1. The quantitative estimate of drug-likeness (QED) is 0.286. The number of alkyl halides is 3. The maximum Gasteiger partial charge on any atom is 0.417 e. The molecule has 0 fully saturated rings. The van der Waals surface area contributed by atoms with Crippen LogP contribution in [0.25, 0.3) is 22.0 Å². The highest BCUT2D eigenvalue weighted by Gasteiger charge is 2.38. The molecule has 0 atom stereocenters. The molecule has 1 N–H and O–H groups in total. The number of nitrogens with one attached hydrogen (secondary N) is 1. The molecular weight excluding hydrogens is 567 g/mol. The topological polar surface area (TPSA) is 84.3 Å². The van der Waals surface area contributed by atoms with Crippen LogP contribution < -0.4 is 11.0 Å². The molecule has 1 aliphatic rings. The second kappa shape index (κ2) is 11.7. The third kappa shape index (κ3) is 5.97. The Morgan fingerprint density at radius 1 is 1.24 bits per heavy atom. The summed E-state index contributed by atoms with van der Waals surface area (Å²) in [5.74, 6) is 1.76. The fourth-order valence-corrected chi connectivity index (χ4v) is 5.55. The molecule has 2 aromatic carbocycles. The Bertz CT molecular complexity index is 1720. The van der Waals surface area contributed by atoms with Crippen molar-refractivity contribution in [2.75, 3.05) is 18.1 Å². The number of anilines is 1. The van der Waals surface area contributed by atoms with Crippen LogP contribution in [0.1, 0.15) is 32.3 Å². The van der Waals surface area contributed by atoms with Gasteiger partial charge in [0.25, 0.3) is 0 Å². The molecule has 0 spiro atoms. The van der Waals surface area contributed by atoms with Crippen LogP contribution >= 0.6 is 11.8 Å². The van der Waals surface area contributed by atoms with Gasteiger partial charge in [0.2, 0.25) is 0 Å². The zero-order valence-corrected chi connectivity index (χ0v) is 22.9. The number of carbonyl (C=O) groups is 2. The van der Waals surface area contributed by atoms with Crippen molar-refractivity contribution in [3.8, 4) is 23.0 Å². The number of allylic oxidation sites excluding steroid dienone is 1. The van der Waals surface area contributed by atoms with E-state index in [1.165, 1.54) is 24.7 Å². The summed E-state index contributed by atoms with van der Waals surface area (Å²) >= 11 is 1.01. The van der Waals surface area contributed by atoms with E-state index in [1.807, 2.05) is 0 Å². The van der Waals surface area contributed by atoms with Crippen LogP contribution in [0, 0.1) is 23.5 Å². The number of aromatic nitrogens is 2. The second-order valence-electron chi connectivity index (χ2n) is 8.98. The Morgan fingerprint density at radius 2 is 1.98 bits per heavy atom. The molecular formula is C28H23F5N4O3S. The number of amides is 1. The first-order chi connectivity index (χ1) is 19.4. The van der Waals surface area contributed by atoms with Crippen molar-refractivity contribution < 1.29 is 31.5 Å². The van der Waals surface area contributed by atoms with Gasteiger partial charge in [-0.15, -0.1) is 11.8 Å².